The van der Waals surface area contributed by atoms with Gasteiger partial charge in [0.15, 0.2) is 0 Å². The van der Waals surface area contributed by atoms with Crippen molar-refractivity contribution < 1.29 is 23.8 Å². The Bertz CT molecular complexity index is 376. The van der Waals surface area contributed by atoms with E-state index in [0.717, 1.165) is 0 Å². The summed E-state index contributed by atoms with van der Waals surface area (Å²) in [6.07, 6.45) is 0.0185. The van der Waals surface area contributed by atoms with Crippen LogP contribution in [0.5, 0.6) is 0 Å². The quantitative estimate of drug-likeness (QED) is 0.314. The Morgan fingerprint density at radius 3 is 2.35 bits per heavy atom. The summed E-state index contributed by atoms with van der Waals surface area (Å²) in [6.45, 7) is 8.92. The number of esters is 2. The lowest BCUT2D eigenvalue weighted by molar-refractivity contribution is -0.140. The van der Waals surface area contributed by atoms with Crippen molar-refractivity contribution in [3.63, 3.8) is 0 Å². The molecule has 17 heavy (non-hydrogen) atoms. The third-order valence-corrected chi connectivity index (χ3v) is 2.23. The van der Waals surface area contributed by atoms with Gasteiger partial charge in [-0.25, -0.2) is 9.59 Å². The van der Waals surface area contributed by atoms with Gasteiger partial charge in [-0.2, -0.15) is 0 Å². The lowest BCUT2D eigenvalue weighted by Crippen LogP contribution is -2.14. The van der Waals surface area contributed by atoms with Gasteiger partial charge >= 0.3 is 11.9 Å². The average molecular weight is 240 g/mol. The largest absolute Gasteiger partial charge is 0.459 e. The lowest BCUT2D eigenvalue weighted by Gasteiger charge is -2.08. The van der Waals surface area contributed by atoms with E-state index < -0.39 is 11.9 Å². The van der Waals surface area contributed by atoms with Gasteiger partial charge in [0.1, 0.15) is 18.5 Å². The van der Waals surface area contributed by atoms with Crippen LogP contribution in [-0.4, -0.2) is 31.3 Å². The van der Waals surface area contributed by atoms with E-state index in [-0.39, 0.29) is 29.6 Å². The number of carbonyl (C=O) groups excluding carboxylic acids is 2. The molecule has 1 aliphatic heterocycles. The molecule has 0 N–H and O–H groups in total. The van der Waals surface area contributed by atoms with Crippen LogP contribution in [0.15, 0.2) is 23.5 Å². The van der Waals surface area contributed by atoms with E-state index in [4.69, 9.17) is 14.2 Å². The molecule has 1 rings (SSSR count). The summed E-state index contributed by atoms with van der Waals surface area (Å²) < 4.78 is 14.8. The fraction of sp³-hybridized carbons (Fsp3) is 0.500. The molecule has 0 saturated carbocycles. The highest BCUT2D eigenvalue weighted by atomic mass is 16.6. The van der Waals surface area contributed by atoms with Gasteiger partial charge in [0.2, 0.25) is 0 Å². The zero-order valence-electron chi connectivity index (χ0n) is 10.2. The van der Waals surface area contributed by atoms with Crippen molar-refractivity contribution in [2.45, 2.75) is 26.9 Å². The molecule has 0 aliphatic carbocycles. The Morgan fingerprint density at radius 1 is 1.29 bits per heavy atom. The number of ether oxygens (including phenoxy) is 3. The van der Waals surface area contributed by atoms with E-state index in [9.17, 15) is 9.59 Å². The predicted molar refractivity (Wildman–Crippen MR) is 60.0 cm³/mol. The minimum atomic E-state index is -0.555. The average Bonchev–Trinajstić information content (AvgIpc) is 3.08. The van der Waals surface area contributed by atoms with E-state index in [0.29, 0.717) is 6.61 Å². The second-order valence-electron chi connectivity index (χ2n) is 3.90. The van der Waals surface area contributed by atoms with E-state index in [1.165, 1.54) is 20.8 Å². The van der Waals surface area contributed by atoms with Gasteiger partial charge in [0, 0.05) is 5.57 Å². The van der Waals surface area contributed by atoms with Crippen LogP contribution >= 0.6 is 0 Å². The Labute approximate surface area is 100 Å². The highest BCUT2D eigenvalue weighted by Crippen LogP contribution is 2.13. The van der Waals surface area contributed by atoms with Gasteiger partial charge in [-0.05, 0) is 20.8 Å². The van der Waals surface area contributed by atoms with Crippen molar-refractivity contribution in [2.75, 3.05) is 13.2 Å². The molecule has 0 spiro atoms. The highest BCUT2D eigenvalue weighted by molar-refractivity contribution is 5.91. The first-order valence-corrected chi connectivity index (χ1v) is 5.25. The van der Waals surface area contributed by atoms with Crippen molar-refractivity contribution in [1.29, 1.82) is 0 Å². The lowest BCUT2D eigenvalue weighted by atomic mass is 10.2. The topological polar surface area (TPSA) is 65.1 Å². The Morgan fingerprint density at radius 2 is 1.88 bits per heavy atom. The first-order chi connectivity index (χ1) is 7.91. The second-order valence-corrected chi connectivity index (χ2v) is 3.90. The smallest absolute Gasteiger partial charge is 0.338 e. The van der Waals surface area contributed by atoms with E-state index in [2.05, 4.69) is 6.58 Å². The number of carbonyl (C=O) groups is 2. The summed E-state index contributed by atoms with van der Waals surface area (Å²) in [5.41, 5.74) is 0.539. The molecule has 0 aromatic heterocycles. The number of rotatable bonds is 5. The van der Waals surface area contributed by atoms with Crippen LogP contribution in [0, 0.1) is 0 Å². The van der Waals surface area contributed by atoms with Gasteiger partial charge in [-0.15, -0.1) is 0 Å². The molecule has 0 radical (unpaired) electrons. The van der Waals surface area contributed by atoms with Crippen LogP contribution in [0.4, 0.5) is 0 Å². The van der Waals surface area contributed by atoms with Gasteiger partial charge < -0.3 is 14.2 Å². The molecule has 5 heteroatoms. The molecule has 0 amide bonds. The van der Waals surface area contributed by atoms with Gasteiger partial charge in [-0.1, -0.05) is 6.58 Å². The normalized spacial score (nSPS) is 19.1. The Balaban J connectivity index is 2.50. The second kappa shape index (κ2) is 5.63. The minimum absolute atomic E-state index is 0.0185. The zero-order chi connectivity index (χ0) is 13.0. The van der Waals surface area contributed by atoms with Gasteiger partial charge in [0.05, 0.1) is 12.2 Å². The first kappa shape index (κ1) is 13.4. The molecule has 0 aromatic carbocycles. The standard InChI is InChI=1S/C12H16O5/c1-7(2)11(13)17-9(4)8(3)12(14)16-6-10-5-15-10/h10H,1,5-6H2,2-4H3/b9-8+. The van der Waals surface area contributed by atoms with Crippen molar-refractivity contribution in [2.24, 2.45) is 0 Å². The van der Waals surface area contributed by atoms with E-state index in [1.807, 2.05) is 0 Å². The number of allylic oxidation sites excluding steroid dienone is 1. The first-order valence-electron chi connectivity index (χ1n) is 5.25. The summed E-state index contributed by atoms with van der Waals surface area (Å²) in [4.78, 5) is 22.7. The summed E-state index contributed by atoms with van der Waals surface area (Å²) in [7, 11) is 0. The van der Waals surface area contributed by atoms with Crippen LogP contribution in [-0.2, 0) is 23.8 Å². The molecule has 1 atom stereocenters. The molecule has 1 heterocycles. The van der Waals surface area contributed by atoms with Crippen molar-refractivity contribution in [1.82, 2.24) is 0 Å². The minimum Gasteiger partial charge on any atom is -0.459 e. The van der Waals surface area contributed by atoms with Crippen LogP contribution in [0.1, 0.15) is 20.8 Å². The maximum Gasteiger partial charge on any atom is 0.338 e. The summed E-state index contributed by atoms with van der Waals surface area (Å²) in [6, 6.07) is 0. The van der Waals surface area contributed by atoms with Gasteiger partial charge in [0.25, 0.3) is 0 Å². The molecule has 5 nitrogen and oxygen atoms in total. The van der Waals surface area contributed by atoms with Crippen molar-refractivity contribution in [3.8, 4) is 0 Å². The monoisotopic (exact) mass is 240 g/mol. The van der Waals surface area contributed by atoms with Crippen LogP contribution in [0.3, 0.4) is 0 Å². The number of hydrogen-bond donors (Lipinski definition) is 0. The third-order valence-electron chi connectivity index (χ3n) is 2.23. The van der Waals surface area contributed by atoms with Crippen molar-refractivity contribution in [3.05, 3.63) is 23.5 Å². The molecule has 0 aromatic rings. The summed E-state index contributed by atoms with van der Waals surface area (Å²) in [5.74, 6) is -0.840. The summed E-state index contributed by atoms with van der Waals surface area (Å²) in [5, 5.41) is 0. The molecule has 1 aliphatic rings. The van der Waals surface area contributed by atoms with Crippen molar-refractivity contribution >= 4 is 11.9 Å². The molecular formula is C12H16O5. The highest BCUT2D eigenvalue weighted by Gasteiger charge is 2.25. The Kier molecular flexibility index (Phi) is 4.45. The predicted octanol–water partition coefficient (Wildman–Crippen LogP) is 1.34. The zero-order valence-corrected chi connectivity index (χ0v) is 10.2. The fourth-order valence-corrected chi connectivity index (χ4v) is 0.888. The Hall–Kier alpha value is -1.62. The van der Waals surface area contributed by atoms with Gasteiger partial charge in [-0.3, -0.25) is 0 Å². The third kappa shape index (κ3) is 4.40. The summed E-state index contributed by atoms with van der Waals surface area (Å²) >= 11 is 0. The fourth-order valence-electron chi connectivity index (χ4n) is 0.888. The maximum absolute atomic E-state index is 11.5. The molecule has 1 fully saturated rings. The number of hydrogen-bond acceptors (Lipinski definition) is 5. The van der Waals surface area contributed by atoms with Crippen LogP contribution < -0.4 is 0 Å². The van der Waals surface area contributed by atoms with Crippen LogP contribution in [0.25, 0.3) is 0 Å². The van der Waals surface area contributed by atoms with Crippen LogP contribution in [0.2, 0.25) is 0 Å². The SMILES string of the molecule is C=C(C)C(=O)O/C(C)=C(\C)C(=O)OCC1CO1. The number of epoxide rings is 1. The molecular weight excluding hydrogens is 224 g/mol. The molecule has 1 saturated heterocycles. The van der Waals surface area contributed by atoms with E-state index in [1.54, 1.807) is 0 Å². The molecule has 1 unspecified atom stereocenters. The van der Waals surface area contributed by atoms with E-state index >= 15 is 0 Å². The molecule has 94 valence electrons. The molecule has 0 bridgehead atoms. The maximum atomic E-state index is 11.5.